The lowest BCUT2D eigenvalue weighted by Crippen LogP contribution is -2.36. The van der Waals surface area contributed by atoms with Crippen molar-refractivity contribution >= 4 is 10.3 Å². The van der Waals surface area contributed by atoms with Crippen LogP contribution in [0, 0.1) is 0 Å². The van der Waals surface area contributed by atoms with Crippen LogP contribution in [-0.2, 0) is 10.3 Å². The van der Waals surface area contributed by atoms with Gasteiger partial charge in [0, 0.05) is 12.6 Å². The van der Waals surface area contributed by atoms with Crippen LogP contribution in [0.2, 0.25) is 0 Å². The predicted octanol–water partition coefficient (Wildman–Crippen LogP) is 0.686. The van der Waals surface area contributed by atoms with Crippen LogP contribution in [0.3, 0.4) is 0 Å². The van der Waals surface area contributed by atoms with Gasteiger partial charge in [0.15, 0.2) is 0 Å². The van der Waals surface area contributed by atoms with Crippen LogP contribution in [0.15, 0.2) is 12.7 Å². The van der Waals surface area contributed by atoms with Crippen LogP contribution in [0.5, 0.6) is 0 Å². The zero-order valence-electron chi connectivity index (χ0n) is 6.69. The molecule has 0 aromatic heterocycles. The minimum absolute atomic E-state index is 0.135. The Kier molecular flexibility index (Phi) is 3.71. The van der Waals surface area contributed by atoms with Crippen molar-refractivity contribution in [1.29, 1.82) is 0 Å². The molecule has 0 rings (SSSR count). The highest BCUT2D eigenvalue weighted by Crippen LogP contribution is 2.03. The van der Waals surface area contributed by atoms with E-state index in [-0.39, 0.29) is 12.6 Å². The Morgan fingerprint density at radius 1 is 1.64 bits per heavy atom. The van der Waals surface area contributed by atoms with E-state index in [0.717, 1.165) is 4.31 Å². The van der Waals surface area contributed by atoms with Crippen molar-refractivity contribution in [2.75, 3.05) is 6.54 Å². The summed E-state index contributed by atoms with van der Waals surface area (Å²) in [5.41, 5.74) is 0. The number of hydrogen-bond donors (Lipinski definition) is 1. The van der Waals surface area contributed by atoms with Crippen LogP contribution in [-0.4, -0.2) is 29.9 Å². The lowest BCUT2D eigenvalue weighted by atomic mass is 10.4. The Morgan fingerprint density at radius 2 is 2.09 bits per heavy atom. The van der Waals surface area contributed by atoms with E-state index >= 15 is 0 Å². The van der Waals surface area contributed by atoms with Gasteiger partial charge in [-0.05, 0) is 13.8 Å². The van der Waals surface area contributed by atoms with Crippen molar-refractivity contribution in [3.05, 3.63) is 12.7 Å². The molecule has 0 amide bonds. The molecule has 4 nitrogen and oxygen atoms in total. The van der Waals surface area contributed by atoms with E-state index in [9.17, 15) is 8.42 Å². The molecule has 0 fully saturated rings. The van der Waals surface area contributed by atoms with Crippen molar-refractivity contribution < 1.29 is 13.0 Å². The Labute approximate surface area is 67.4 Å². The normalized spacial score (nSPS) is 12.5. The summed E-state index contributed by atoms with van der Waals surface area (Å²) < 4.78 is 30.8. The summed E-state index contributed by atoms with van der Waals surface area (Å²) >= 11 is 0. The molecule has 0 aromatic carbocycles. The van der Waals surface area contributed by atoms with Crippen LogP contribution >= 0.6 is 0 Å². The molecule has 0 aliphatic heterocycles. The monoisotopic (exact) mass is 179 g/mol. The third-order valence-corrected chi connectivity index (χ3v) is 2.34. The van der Waals surface area contributed by atoms with Crippen LogP contribution < -0.4 is 0 Å². The molecule has 0 unspecified atom stereocenters. The Balaban J connectivity index is 4.48. The van der Waals surface area contributed by atoms with Crippen LogP contribution in [0.4, 0.5) is 0 Å². The van der Waals surface area contributed by atoms with Gasteiger partial charge in [-0.3, -0.25) is 4.55 Å². The molecule has 0 aliphatic carbocycles. The summed E-state index contributed by atoms with van der Waals surface area (Å²) in [6.45, 7) is 6.87. The van der Waals surface area contributed by atoms with Gasteiger partial charge in [-0.2, -0.15) is 12.7 Å². The van der Waals surface area contributed by atoms with E-state index in [1.165, 1.54) is 6.08 Å². The molecule has 0 heterocycles. The molecule has 0 atom stereocenters. The standard InChI is InChI=1S/C6H13NO3S/c1-4-5-7(6(2)3)11(8,9)10/h4,6H,1,5H2,2-3H3,(H,8,9,10). The molecule has 11 heavy (non-hydrogen) atoms. The summed E-state index contributed by atoms with van der Waals surface area (Å²) in [6, 6.07) is -0.247. The highest BCUT2D eigenvalue weighted by atomic mass is 32.2. The minimum Gasteiger partial charge on any atom is -0.273 e. The SMILES string of the molecule is C=CCN(C(C)C)S(=O)(=O)O. The van der Waals surface area contributed by atoms with Gasteiger partial charge >= 0.3 is 10.3 Å². The molecule has 0 aliphatic rings. The second kappa shape index (κ2) is 3.85. The summed E-state index contributed by atoms with van der Waals surface area (Å²) in [5, 5.41) is 0. The molecule has 0 saturated heterocycles. The molecule has 66 valence electrons. The van der Waals surface area contributed by atoms with Crippen molar-refractivity contribution in [2.45, 2.75) is 19.9 Å². The summed E-state index contributed by atoms with van der Waals surface area (Å²) in [6.07, 6.45) is 1.42. The number of hydrogen-bond acceptors (Lipinski definition) is 2. The third-order valence-electron chi connectivity index (χ3n) is 1.18. The number of rotatable bonds is 4. The lowest BCUT2D eigenvalue weighted by molar-refractivity contribution is 0.331. The van der Waals surface area contributed by atoms with Gasteiger partial charge in [-0.1, -0.05) is 6.08 Å². The van der Waals surface area contributed by atoms with E-state index in [0.29, 0.717) is 0 Å². The largest absolute Gasteiger partial charge is 0.336 e. The first-order chi connectivity index (χ1) is 4.89. The maximum absolute atomic E-state index is 10.6. The van der Waals surface area contributed by atoms with Crippen molar-refractivity contribution in [2.24, 2.45) is 0 Å². The van der Waals surface area contributed by atoms with Crippen LogP contribution in [0.1, 0.15) is 13.8 Å². The third kappa shape index (κ3) is 3.50. The Morgan fingerprint density at radius 3 is 2.18 bits per heavy atom. The average molecular weight is 179 g/mol. The molecular weight excluding hydrogens is 166 g/mol. The molecule has 1 N–H and O–H groups in total. The second-order valence-electron chi connectivity index (χ2n) is 2.43. The molecular formula is C6H13NO3S. The first kappa shape index (κ1) is 10.6. The van der Waals surface area contributed by atoms with E-state index in [4.69, 9.17) is 4.55 Å². The van der Waals surface area contributed by atoms with Crippen molar-refractivity contribution in [3.8, 4) is 0 Å². The highest BCUT2D eigenvalue weighted by molar-refractivity contribution is 7.83. The average Bonchev–Trinajstić information content (AvgIpc) is 1.79. The lowest BCUT2D eigenvalue weighted by Gasteiger charge is -2.20. The molecule has 0 bridgehead atoms. The molecule has 0 spiro atoms. The summed E-state index contributed by atoms with van der Waals surface area (Å²) in [4.78, 5) is 0. The van der Waals surface area contributed by atoms with Gasteiger partial charge in [0.05, 0.1) is 0 Å². The predicted molar refractivity (Wildman–Crippen MR) is 43.6 cm³/mol. The first-order valence-electron chi connectivity index (χ1n) is 3.24. The fourth-order valence-electron chi connectivity index (χ4n) is 0.699. The van der Waals surface area contributed by atoms with Gasteiger partial charge in [-0.25, -0.2) is 0 Å². The van der Waals surface area contributed by atoms with E-state index < -0.39 is 10.3 Å². The van der Waals surface area contributed by atoms with Crippen molar-refractivity contribution in [3.63, 3.8) is 0 Å². The zero-order chi connectivity index (χ0) is 9.07. The summed E-state index contributed by atoms with van der Waals surface area (Å²) in [5.74, 6) is 0. The fraction of sp³-hybridized carbons (Fsp3) is 0.667. The minimum atomic E-state index is -4.06. The molecule has 0 saturated carbocycles. The molecule has 5 heteroatoms. The molecule has 0 aromatic rings. The van der Waals surface area contributed by atoms with Gasteiger partial charge in [0.25, 0.3) is 0 Å². The Bertz CT molecular complexity index is 220. The summed E-state index contributed by atoms with van der Waals surface area (Å²) in [7, 11) is -4.06. The van der Waals surface area contributed by atoms with Gasteiger partial charge in [0.1, 0.15) is 0 Å². The van der Waals surface area contributed by atoms with Gasteiger partial charge in [0.2, 0.25) is 0 Å². The van der Waals surface area contributed by atoms with Crippen molar-refractivity contribution in [1.82, 2.24) is 4.31 Å². The maximum Gasteiger partial charge on any atom is 0.336 e. The van der Waals surface area contributed by atoms with Gasteiger partial charge in [-0.15, -0.1) is 6.58 Å². The number of nitrogens with zero attached hydrogens (tertiary/aromatic N) is 1. The maximum atomic E-state index is 10.6. The first-order valence-corrected chi connectivity index (χ1v) is 4.64. The van der Waals surface area contributed by atoms with E-state index in [1.807, 2.05) is 0 Å². The molecule has 0 radical (unpaired) electrons. The van der Waals surface area contributed by atoms with E-state index in [2.05, 4.69) is 6.58 Å². The zero-order valence-corrected chi connectivity index (χ0v) is 7.50. The topological polar surface area (TPSA) is 57.6 Å². The fourth-order valence-corrected chi connectivity index (χ4v) is 1.53. The Hall–Kier alpha value is -0.390. The van der Waals surface area contributed by atoms with Gasteiger partial charge < -0.3 is 0 Å². The quantitative estimate of drug-likeness (QED) is 0.510. The van der Waals surface area contributed by atoms with E-state index in [1.54, 1.807) is 13.8 Å². The smallest absolute Gasteiger partial charge is 0.273 e. The van der Waals surface area contributed by atoms with Crippen LogP contribution in [0.25, 0.3) is 0 Å². The second-order valence-corrected chi connectivity index (χ2v) is 3.79. The highest BCUT2D eigenvalue weighted by Gasteiger charge is 2.19.